The van der Waals surface area contributed by atoms with Crippen molar-refractivity contribution in [3.05, 3.63) is 0 Å². The van der Waals surface area contributed by atoms with E-state index in [1.165, 1.54) is 0 Å². The average molecular weight is 211 g/mol. The fourth-order valence-electron chi connectivity index (χ4n) is 3.66. The molecule has 88 valence electrons. The van der Waals surface area contributed by atoms with Crippen molar-refractivity contribution in [1.29, 1.82) is 0 Å². The Morgan fingerprint density at radius 1 is 1.47 bits per heavy atom. The van der Waals surface area contributed by atoms with E-state index in [0.29, 0.717) is 5.92 Å². The van der Waals surface area contributed by atoms with E-state index in [9.17, 15) is 0 Å². The second kappa shape index (κ2) is 3.48. The molecule has 0 amide bonds. The fourth-order valence-corrected chi connectivity index (χ4v) is 3.66. The smallest absolute Gasteiger partial charge is 0.0288 e. The highest BCUT2D eigenvalue weighted by Crippen LogP contribution is 2.55. The molecule has 2 saturated heterocycles. The van der Waals surface area contributed by atoms with Crippen molar-refractivity contribution < 1.29 is 2.74 Å². The highest BCUT2D eigenvalue weighted by Gasteiger charge is 2.57. The van der Waals surface area contributed by atoms with Gasteiger partial charge in [-0.3, -0.25) is 4.90 Å². The van der Waals surface area contributed by atoms with Gasteiger partial charge in [0.2, 0.25) is 0 Å². The quantitative estimate of drug-likeness (QED) is 0.675. The van der Waals surface area contributed by atoms with Crippen LogP contribution in [0.3, 0.4) is 0 Å². The maximum atomic E-state index is 8.67. The average Bonchev–Trinajstić information content (AvgIpc) is 2.63. The standard InChI is InChI=1S/C14H27N/c1-11(2)8-14-9-12(3)10-15(14)7-6-13(14,4)5/h11-12H,6-10H2,1-5H3/t12-,14-/m1/s1/i8D2. The van der Waals surface area contributed by atoms with Gasteiger partial charge in [-0.15, -0.1) is 0 Å². The summed E-state index contributed by atoms with van der Waals surface area (Å²) >= 11 is 0. The third-order valence-corrected chi connectivity index (χ3v) is 4.37. The highest BCUT2D eigenvalue weighted by molar-refractivity contribution is 5.11. The van der Waals surface area contributed by atoms with E-state index in [-0.39, 0.29) is 16.9 Å². The Morgan fingerprint density at radius 3 is 2.73 bits per heavy atom. The maximum absolute atomic E-state index is 8.67. The molecule has 0 spiro atoms. The molecule has 0 aromatic carbocycles. The van der Waals surface area contributed by atoms with Crippen molar-refractivity contribution in [2.24, 2.45) is 17.3 Å². The zero-order chi connectivity index (χ0) is 13.1. The van der Waals surface area contributed by atoms with Crippen LogP contribution in [0.15, 0.2) is 0 Å². The van der Waals surface area contributed by atoms with Crippen LogP contribution in [0.5, 0.6) is 0 Å². The van der Waals surface area contributed by atoms with Gasteiger partial charge in [-0.05, 0) is 43.0 Å². The Hall–Kier alpha value is -0.0400. The summed E-state index contributed by atoms with van der Waals surface area (Å²) in [6.07, 6.45) is 1.05. The van der Waals surface area contributed by atoms with Crippen LogP contribution < -0.4 is 0 Å². The Kier molecular flexibility index (Phi) is 2.10. The lowest BCUT2D eigenvalue weighted by Gasteiger charge is -2.44. The van der Waals surface area contributed by atoms with Crippen LogP contribution in [0, 0.1) is 17.3 Å². The van der Waals surface area contributed by atoms with Gasteiger partial charge in [-0.1, -0.05) is 34.6 Å². The van der Waals surface area contributed by atoms with Gasteiger partial charge in [0.1, 0.15) is 0 Å². The largest absolute Gasteiger partial charge is 0.297 e. The van der Waals surface area contributed by atoms with Gasteiger partial charge in [0.25, 0.3) is 0 Å². The Morgan fingerprint density at radius 2 is 2.13 bits per heavy atom. The van der Waals surface area contributed by atoms with Crippen LogP contribution in [-0.4, -0.2) is 23.5 Å². The second-order valence-electron chi connectivity index (χ2n) is 6.55. The van der Waals surface area contributed by atoms with E-state index in [2.05, 4.69) is 25.7 Å². The third kappa shape index (κ3) is 1.63. The summed E-state index contributed by atoms with van der Waals surface area (Å²) in [7, 11) is 0. The van der Waals surface area contributed by atoms with Gasteiger partial charge in [-0.2, -0.15) is 0 Å². The molecule has 0 aromatic rings. The Balaban J connectivity index is 2.49. The molecule has 0 bridgehead atoms. The molecule has 2 fully saturated rings. The third-order valence-electron chi connectivity index (χ3n) is 4.37. The molecule has 2 rings (SSSR count). The van der Waals surface area contributed by atoms with Crippen molar-refractivity contribution in [2.75, 3.05) is 13.1 Å². The summed E-state index contributed by atoms with van der Waals surface area (Å²) in [5.41, 5.74) is -0.154. The van der Waals surface area contributed by atoms with Gasteiger partial charge in [0.05, 0.1) is 0 Å². The zero-order valence-electron chi connectivity index (χ0n) is 12.9. The molecule has 2 heterocycles. The molecule has 1 heteroatoms. The SMILES string of the molecule is [2H]C([2H])(C(C)C)[C@]12C[C@@H](C)CN1CCC2(C)C. The van der Waals surface area contributed by atoms with Gasteiger partial charge >= 0.3 is 0 Å². The molecule has 0 saturated carbocycles. The molecule has 2 atom stereocenters. The van der Waals surface area contributed by atoms with Crippen LogP contribution in [0.4, 0.5) is 0 Å². The zero-order valence-corrected chi connectivity index (χ0v) is 10.9. The lowest BCUT2D eigenvalue weighted by Crippen LogP contribution is -2.48. The number of hydrogen-bond donors (Lipinski definition) is 0. The van der Waals surface area contributed by atoms with Crippen molar-refractivity contribution in [3.8, 4) is 0 Å². The number of nitrogens with zero attached hydrogens (tertiary/aromatic N) is 1. The first-order chi connectivity index (χ1) is 7.65. The summed E-state index contributed by atoms with van der Waals surface area (Å²) in [5, 5.41) is 0. The monoisotopic (exact) mass is 211 g/mol. The lowest BCUT2D eigenvalue weighted by atomic mass is 9.67. The van der Waals surface area contributed by atoms with Crippen molar-refractivity contribution in [1.82, 2.24) is 4.90 Å². The minimum absolute atomic E-state index is 0.0766. The first kappa shape index (κ1) is 9.04. The number of fused-ring (bicyclic) bond motifs is 1. The maximum Gasteiger partial charge on any atom is 0.0288 e. The molecule has 0 aromatic heterocycles. The van der Waals surface area contributed by atoms with E-state index in [1.807, 2.05) is 13.8 Å². The Labute approximate surface area is 98.0 Å². The number of hydrogen-bond acceptors (Lipinski definition) is 1. The van der Waals surface area contributed by atoms with E-state index < -0.39 is 6.37 Å². The summed E-state index contributed by atoms with van der Waals surface area (Å²) < 4.78 is 17.3. The fraction of sp³-hybridized carbons (Fsp3) is 1.00. The molecular formula is C14H27N. The normalized spacial score (nSPS) is 42.9. The first-order valence-corrected chi connectivity index (χ1v) is 6.40. The van der Waals surface area contributed by atoms with Gasteiger partial charge < -0.3 is 0 Å². The van der Waals surface area contributed by atoms with Gasteiger partial charge in [0.15, 0.2) is 0 Å². The van der Waals surface area contributed by atoms with Crippen LogP contribution in [0.25, 0.3) is 0 Å². The molecule has 2 aliphatic heterocycles. The lowest BCUT2D eigenvalue weighted by molar-refractivity contribution is 0.0697. The highest BCUT2D eigenvalue weighted by atomic mass is 15.3. The molecule has 2 aliphatic rings. The van der Waals surface area contributed by atoms with E-state index in [0.717, 1.165) is 25.9 Å². The molecular weight excluding hydrogens is 182 g/mol. The summed E-state index contributed by atoms with van der Waals surface area (Å²) in [6.45, 7) is 13.0. The van der Waals surface area contributed by atoms with E-state index in [4.69, 9.17) is 2.74 Å². The van der Waals surface area contributed by atoms with Crippen molar-refractivity contribution >= 4 is 0 Å². The van der Waals surface area contributed by atoms with E-state index in [1.54, 1.807) is 0 Å². The molecule has 0 N–H and O–H groups in total. The predicted octanol–water partition coefficient (Wildman–Crippen LogP) is 3.54. The van der Waals surface area contributed by atoms with Crippen LogP contribution in [0.1, 0.15) is 56.6 Å². The van der Waals surface area contributed by atoms with Crippen LogP contribution in [0.2, 0.25) is 0 Å². The minimum Gasteiger partial charge on any atom is -0.297 e. The second-order valence-corrected chi connectivity index (χ2v) is 6.55. The molecule has 1 nitrogen and oxygen atoms in total. The van der Waals surface area contributed by atoms with Crippen LogP contribution >= 0.6 is 0 Å². The van der Waals surface area contributed by atoms with E-state index >= 15 is 0 Å². The summed E-state index contributed by atoms with van der Waals surface area (Å²) in [4.78, 5) is 2.46. The van der Waals surface area contributed by atoms with Crippen molar-refractivity contribution in [3.63, 3.8) is 0 Å². The molecule has 15 heavy (non-hydrogen) atoms. The predicted molar refractivity (Wildman–Crippen MR) is 65.9 cm³/mol. The minimum atomic E-state index is -1.10. The summed E-state index contributed by atoms with van der Waals surface area (Å²) in [5.74, 6) is 0.705. The van der Waals surface area contributed by atoms with Gasteiger partial charge in [0, 0.05) is 14.8 Å². The van der Waals surface area contributed by atoms with Crippen molar-refractivity contribution in [2.45, 2.75) is 59.4 Å². The topological polar surface area (TPSA) is 3.24 Å². The molecule has 0 aliphatic carbocycles. The number of rotatable bonds is 2. The molecule has 0 radical (unpaired) electrons. The Bertz CT molecular complexity index is 311. The first-order valence-electron chi connectivity index (χ1n) is 7.40. The summed E-state index contributed by atoms with van der Waals surface area (Å²) in [6, 6.07) is 0. The van der Waals surface area contributed by atoms with Crippen LogP contribution in [-0.2, 0) is 0 Å². The van der Waals surface area contributed by atoms with Gasteiger partial charge in [-0.25, -0.2) is 0 Å². The molecule has 0 unspecified atom stereocenters.